The monoisotopic (exact) mass is 298 g/mol. The maximum atomic E-state index is 12.8. The lowest BCUT2D eigenvalue weighted by Crippen LogP contribution is -2.35. The van der Waals surface area contributed by atoms with E-state index in [0.29, 0.717) is 36.1 Å². The molecule has 0 radical (unpaired) electrons. The predicted molar refractivity (Wildman–Crippen MR) is 78.1 cm³/mol. The van der Waals surface area contributed by atoms with E-state index in [1.54, 1.807) is 20.9 Å². The molecule has 0 aliphatic carbocycles. The fraction of sp³-hybridized carbons (Fsp3) is 0.571. The van der Waals surface area contributed by atoms with Crippen molar-refractivity contribution < 1.29 is 12.8 Å². The van der Waals surface area contributed by atoms with Gasteiger partial charge in [-0.15, -0.1) is 0 Å². The minimum atomic E-state index is -3.49. The Labute approximate surface area is 120 Å². The van der Waals surface area contributed by atoms with Crippen molar-refractivity contribution in [3.8, 4) is 0 Å². The Hall–Kier alpha value is -1.11. The number of nitrogens with zero attached hydrogens (tertiary/aromatic N) is 1. The molecule has 1 aromatic rings. The van der Waals surface area contributed by atoms with Gasteiger partial charge < -0.3 is 9.73 Å². The molecular weight excluding hydrogens is 276 g/mol. The molecule has 1 N–H and O–H groups in total. The first-order chi connectivity index (χ1) is 9.37. The fourth-order valence-corrected chi connectivity index (χ4v) is 4.32. The van der Waals surface area contributed by atoms with Gasteiger partial charge in [-0.05, 0) is 34.2 Å². The second-order valence-electron chi connectivity index (χ2n) is 5.22. The zero-order valence-corrected chi connectivity index (χ0v) is 13.3. The maximum absolute atomic E-state index is 12.8. The SMILES string of the molecule is CNCc1c(C)oc(C)c1S(=O)(=O)N1CC=C(C)CC1. The Morgan fingerprint density at radius 1 is 1.30 bits per heavy atom. The van der Waals surface area contributed by atoms with E-state index in [1.807, 2.05) is 13.0 Å². The second-order valence-corrected chi connectivity index (χ2v) is 7.09. The van der Waals surface area contributed by atoms with Gasteiger partial charge in [0.15, 0.2) is 0 Å². The van der Waals surface area contributed by atoms with Gasteiger partial charge in [0, 0.05) is 25.2 Å². The number of furan rings is 1. The molecule has 6 heteroatoms. The summed E-state index contributed by atoms with van der Waals surface area (Å²) in [7, 11) is -1.70. The molecule has 1 aromatic heterocycles. The molecule has 0 atom stereocenters. The molecule has 1 aliphatic heterocycles. The van der Waals surface area contributed by atoms with Crippen molar-refractivity contribution in [2.24, 2.45) is 0 Å². The van der Waals surface area contributed by atoms with Crippen LogP contribution >= 0.6 is 0 Å². The van der Waals surface area contributed by atoms with Gasteiger partial charge >= 0.3 is 0 Å². The highest BCUT2D eigenvalue weighted by atomic mass is 32.2. The number of hydrogen-bond donors (Lipinski definition) is 1. The average molecular weight is 298 g/mol. The number of rotatable bonds is 4. The van der Waals surface area contributed by atoms with Gasteiger partial charge in [0.05, 0.1) is 0 Å². The Bertz CT molecular complexity index is 629. The van der Waals surface area contributed by atoms with E-state index in [-0.39, 0.29) is 0 Å². The van der Waals surface area contributed by atoms with Crippen molar-refractivity contribution >= 4 is 10.0 Å². The van der Waals surface area contributed by atoms with Crippen LogP contribution in [0.15, 0.2) is 21.0 Å². The summed E-state index contributed by atoms with van der Waals surface area (Å²) in [5, 5.41) is 3.01. The first-order valence-corrected chi connectivity index (χ1v) is 8.21. The Kier molecular flexibility index (Phi) is 4.36. The second kappa shape index (κ2) is 5.71. The quantitative estimate of drug-likeness (QED) is 0.863. The fourth-order valence-electron chi connectivity index (χ4n) is 2.53. The largest absolute Gasteiger partial charge is 0.465 e. The summed E-state index contributed by atoms with van der Waals surface area (Å²) in [6.45, 7) is 7.01. The van der Waals surface area contributed by atoms with E-state index in [2.05, 4.69) is 5.32 Å². The molecule has 2 rings (SSSR count). The molecule has 0 saturated heterocycles. The summed E-state index contributed by atoms with van der Waals surface area (Å²) in [5.74, 6) is 1.14. The Balaban J connectivity index is 2.44. The zero-order chi connectivity index (χ0) is 14.9. The summed E-state index contributed by atoms with van der Waals surface area (Å²) in [6, 6.07) is 0. The van der Waals surface area contributed by atoms with Crippen molar-refractivity contribution in [2.45, 2.75) is 38.6 Å². The highest BCUT2D eigenvalue weighted by molar-refractivity contribution is 7.89. The van der Waals surface area contributed by atoms with Crippen molar-refractivity contribution in [1.82, 2.24) is 9.62 Å². The van der Waals surface area contributed by atoms with Crippen LogP contribution in [0.25, 0.3) is 0 Å². The number of aryl methyl sites for hydroxylation is 2. The van der Waals surface area contributed by atoms with Crippen LogP contribution in [-0.2, 0) is 16.6 Å². The molecule has 0 bridgehead atoms. The van der Waals surface area contributed by atoms with Crippen LogP contribution < -0.4 is 5.32 Å². The molecule has 5 nitrogen and oxygen atoms in total. The van der Waals surface area contributed by atoms with E-state index in [0.717, 1.165) is 12.0 Å². The van der Waals surface area contributed by atoms with E-state index >= 15 is 0 Å². The van der Waals surface area contributed by atoms with Crippen LogP contribution in [0, 0.1) is 13.8 Å². The molecule has 1 aliphatic rings. The van der Waals surface area contributed by atoms with Crippen LogP contribution in [0.4, 0.5) is 0 Å². The average Bonchev–Trinajstić information content (AvgIpc) is 2.66. The smallest absolute Gasteiger partial charge is 0.247 e. The molecule has 0 unspecified atom stereocenters. The standard InChI is InChI=1S/C14H22N2O3S/c1-10-5-7-16(8-6-10)20(17,18)14-12(3)19-11(2)13(14)9-15-4/h5,15H,6-9H2,1-4H3. The van der Waals surface area contributed by atoms with Gasteiger partial charge in [0.1, 0.15) is 16.4 Å². The van der Waals surface area contributed by atoms with E-state index in [4.69, 9.17) is 4.42 Å². The maximum Gasteiger partial charge on any atom is 0.247 e. The van der Waals surface area contributed by atoms with E-state index in [9.17, 15) is 8.42 Å². The number of nitrogens with one attached hydrogen (secondary N) is 1. The van der Waals surface area contributed by atoms with E-state index in [1.165, 1.54) is 9.88 Å². The molecule has 20 heavy (non-hydrogen) atoms. The molecule has 0 fully saturated rings. The molecule has 2 heterocycles. The Morgan fingerprint density at radius 2 is 2.00 bits per heavy atom. The van der Waals surface area contributed by atoms with Crippen LogP contribution in [0.2, 0.25) is 0 Å². The van der Waals surface area contributed by atoms with E-state index < -0.39 is 10.0 Å². The summed E-state index contributed by atoms with van der Waals surface area (Å²) in [6.07, 6.45) is 2.76. The van der Waals surface area contributed by atoms with Gasteiger partial charge in [-0.2, -0.15) is 4.31 Å². The lowest BCUT2D eigenvalue weighted by Gasteiger charge is -2.25. The van der Waals surface area contributed by atoms with Crippen molar-refractivity contribution in [2.75, 3.05) is 20.1 Å². The highest BCUT2D eigenvalue weighted by Gasteiger charge is 2.32. The van der Waals surface area contributed by atoms with Crippen LogP contribution in [0.3, 0.4) is 0 Å². The summed E-state index contributed by atoms with van der Waals surface area (Å²) in [4.78, 5) is 0.331. The predicted octanol–water partition coefficient (Wildman–Crippen LogP) is 1.96. The molecule has 0 saturated carbocycles. The van der Waals surface area contributed by atoms with Crippen LogP contribution in [0.5, 0.6) is 0 Å². The minimum absolute atomic E-state index is 0.331. The molecule has 0 amide bonds. The third-order valence-corrected chi connectivity index (χ3v) is 5.74. The van der Waals surface area contributed by atoms with Crippen molar-refractivity contribution in [1.29, 1.82) is 0 Å². The van der Waals surface area contributed by atoms with Crippen LogP contribution in [0.1, 0.15) is 30.4 Å². The Morgan fingerprint density at radius 3 is 2.55 bits per heavy atom. The topological polar surface area (TPSA) is 62.6 Å². The first kappa shape index (κ1) is 15.3. The van der Waals surface area contributed by atoms with Crippen LogP contribution in [-0.4, -0.2) is 32.9 Å². The number of sulfonamides is 1. The summed E-state index contributed by atoms with van der Waals surface area (Å²) in [5.41, 5.74) is 1.98. The lowest BCUT2D eigenvalue weighted by atomic mass is 10.1. The van der Waals surface area contributed by atoms with Gasteiger partial charge in [0.2, 0.25) is 10.0 Å². The summed E-state index contributed by atoms with van der Waals surface area (Å²) < 4.78 is 32.7. The third-order valence-electron chi connectivity index (χ3n) is 3.68. The molecule has 112 valence electrons. The summed E-state index contributed by atoms with van der Waals surface area (Å²) >= 11 is 0. The van der Waals surface area contributed by atoms with Gasteiger partial charge in [0.25, 0.3) is 0 Å². The van der Waals surface area contributed by atoms with Gasteiger partial charge in [-0.1, -0.05) is 11.6 Å². The highest BCUT2D eigenvalue weighted by Crippen LogP contribution is 2.30. The third kappa shape index (κ3) is 2.68. The van der Waals surface area contributed by atoms with Crippen molar-refractivity contribution in [3.05, 3.63) is 28.7 Å². The normalized spacial score (nSPS) is 17.3. The van der Waals surface area contributed by atoms with Crippen molar-refractivity contribution in [3.63, 3.8) is 0 Å². The molecule has 0 spiro atoms. The number of hydrogen-bond acceptors (Lipinski definition) is 4. The minimum Gasteiger partial charge on any atom is -0.465 e. The zero-order valence-electron chi connectivity index (χ0n) is 12.5. The van der Waals surface area contributed by atoms with Gasteiger partial charge in [-0.3, -0.25) is 0 Å². The lowest BCUT2D eigenvalue weighted by molar-refractivity contribution is 0.428. The molecular formula is C14H22N2O3S. The first-order valence-electron chi connectivity index (χ1n) is 6.77. The van der Waals surface area contributed by atoms with Gasteiger partial charge in [-0.25, -0.2) is 8.42 Å². The molecule has 0 aromatic carbocycles.